The van der Waals surface area contributed by atoms with Crippen molar-refractivity contribution in [2.24, 2.45) is 12.8 Å². The molecule has 0 radical (unpaired) electrons. The van der Waals surface area contributed by atoms with Crippen molar-refractivity contribution in [3.05, 3.63) is 35.4 Å². The van der Waals surface area contributed by atoms with Crippen molar-refractivity contribution in [2.75, 3.05) is 6.54 Å². The van der Waals surface area contributed by atoms with E-state index in [9.17, 15) is 0 Å². The van der Waals surface area contributed by atoms with Crippen molar-refractivity contribution in [3.8, 4) is 0 Å². The number of aromatic nitrogens is 4. The Labute approximate surface area is 104 Å². The average Bonchev–Trinajstić information content (AvgIpc) is 2.71. The van der Waals surface area contributed by atoms with E-state index >= 15 is 0 Å². The molecular weight excluding hydrogens is 234 g/mol. The number of nitrogens with zero attached hydrogens (tertiary/aromatic N) is 4. The lowest BCUT2D eigenvalue weighted by molar-refractivity contribution is 0.663. The van der Waals surface area contributed by atoms with E-state index in [0.717, 1.165) is 5.16 Å². The summed E-state index contributed by atoms with van der Waals surface area (Å²) < 4.78 is 1.66. The number of hydrogen-bond acceptors (Lipinski definition) is 5. The largest absolute Gasteiger partial charge is 0.329 e. The van der Waals surface area contributed by atoms with Crippen molar-refractivity contribution >= 4 is 11.8 Å². The normalized spacial score (nSPS) is 12.6. The van der Waals surface area contributed by atoms with Crippen molar-refractivity contribution in [3.63, 3.8) is 0 Å². The Morgan fingerprint density at radius 2 is 2.29 bits per heavy atom. The highest BCUT2D eigenvalue weighted by Gasteiger charge is 2.15. The molecular formula is C11H15N5S. The Balaban J connectivity index is 2.20. The summed E-state index contributed by atoms with van der Waals surface area (Å²) >= 11 is 1.59. The molecule has 6 heteroatoms. The van der Waals surface area contributed by atoms with Gasteiger partial charge in [-0.2, -0.15) is 0 Å². The fourth-order valence-corrected chi connectivity index (χ4v) is 2.48. The van der Waals surface area contributed by atoms with Gasteiger partial charge in [-0.25, -0.2) is 4.68 Å². The van der Waals surface area contributed by atoms with Gasteiger partial charge in [-0.1, -0.05) is 41.6 Å². The maximum absolute atomic E-state index is 5.82. The molecule has 2 rings (SSSR count). The Bertz CT molecular complexity index is 496. The van der Waals surface area contributed by atoms with Gasteiger partial charge in [0.2, 0.25) is 5.16 Å². The summed E-state index contributed by atoms with van der Waals surface area (Å²) in [6, 6.07) is 8.35. The van der Waals surface area contributed by atoms with Gasteiger partial charge in [0, 0.05) is 18.8 Å². The lowest BCUT2D eigenvalue weighted by Crippen LogP contribution is -2.10. The highest BCUT2D eigenvalue weighted by Crippen LogP contribution is 2.32. The zero-order valence-corrected chi connectivity index (χ0v) is 10.7. The van der Waals surface area contributed by atoms with E-state index in [2.05, 4.69) is 40.6 Å². The van der Waals surface area contributed by atoms with E-state index < -0.39 is 0 Å². The van der Waals surface area contributed by atoms with Crippen LogP contribution in [0.3, 0.4) is 0 Å². The van der Waals surface area contributed by atoms with Gasteiger partial charge in [-0.3, -0.25) is 0 Å². The highest BCUT2D eigenvalue weighted by atomic mass is 32.2. The molecule has 2 N–H and O–H groups in total. The smallest absolute Gasteiger partial charge is 0.209 e. The Kier molecular flexibility index (Phi) is 3.75. The molecule has 0 amide bonds. The quantitative estimate of drug-likeness (QED) is 0.827. The fourth-order valence-electron chi connectivity index (χ4n) is 1.57. The van der Waals surface area contributed by atoms with Crippen molar-refractivity contribution in [2.45, 2.75) is 17.3 Å². The van der Waals surface area contributed by atoms with Crippen LogP contribution in [0, 0.1) is 6.92 Å². The minimum atomic E-state index is 0.180. The molecule has 1 atom stereocenters. The van der Waals surface area contributed by atoms with E-state index in [1.165, 1.54) is 11.1 Å². The lowest BCUT2D eigenvalue weighted by atomic mass is 10.1. The number of tetrazole rings is 1. The topological polar surface area (TPSA) is 69.6 Å². The Hall–Kier alpha value is -1.40. The van der Waals surface area contributed by atoms with Crippen LogP contribution in [0.1, 0.15) is 16.4 Å². The van der Waals surface area contributed by atoms with Gasteiger partial charge < -0.3 is 5.73 Å². The van der Waals surface area contributed by atoms with Crippen molar-refractivity contribution in [1.29, 1.82) is 0 Å². The molecule has 1 heterocycles. The Morgan fingerprint density at radius 3 is 2.88 bits per heavy atom. The van der Waals surface area contributed by atoms with Crippen LogP contribution in [-0.4, -0.2) is 26.8 Å². The first-order valence-electron chi connectivity index (χ1n) is 5.36. The minimum absolute atomic E-state index is 0.180. The van der Waals surface area contributed by atoms with Crippen molar-refractivity contribution in [1.82, 2.24) is 20.2 Å². The predicted molar refractivity (Wildman–Crippen MR) is 67.6 cm³/mol. The first-order valence-corrected chi connectivity index (χ1v) is 6.24. The van der Waals surface area contributed by atoms with Gasteiger partial charge in [0.05, 0.1) is 0 Å². The molecule has 0 fully saturated rings. The number of nitrogens with two attached hydrogens (primary N) is 1. The Morgan fingerprint density at radius 1 is 1.47 bits per heavy atom. The molecule has 0 saturated carbocycles. The maximum Gasteiger partial charge on any atom is 0.209 e. The molecule has 90 valence electrons. The number of thioether (sulfide) groups is 1. The molecule has 1 aromatic carbocycles. The van der Waals surface area contributed by atoms with Gasteiger partial charge in [0.1, 0.15) is 0 Å². The molecule has 0 aliphatic heterocycles. The van der Waals surface area contributed by atoms with Crippen LogP contribution >= 0.6 is 11.8 Å². The van der Waals surface area contributed by atoms with Crippen LogP contribution in [0.2, 0.25) is 0 Å². The predicted octanol–water partition coefficient (Wildman–Crippen LogP) is 1.31. The van der Waals surface area contributed by atoms with Gasteiger partial charge in [-0.15, -0.1) is 5.10 Å². The van der Waals surface area contributed by atoms with Crippen LogP contribution in [0.25, 0.3) is 0 Å². The number of benzene rings is 1. The highest BCUT2D eigenvalue weighted by molar-refractivity contribution is 7.99. The lowest BCUT2D eigenvalue weighted by Gasteiger charge is -2.13. The summed E-state index contributed by atoms with van der Waals surface area (Å²) in [7, 11) is 1.83. The standard InChI is InChI=1S/C11H15N5S/c1-8-4-3-5-9(6-8)10(7-12)17-11-13-14-15-16(11)2/h3-6,10H,7,12H2,1-2H3. The average molecular weight is 249 g/mol. The number of aryl methyl sites for hydroxylation is 2. The molecule has 2 aromatic rings. The van der Waals surface area contributed by atoms with E-state index in [-0.39, 0.29) is 5.25 Å². The molecule has 17 heavy (non-hydrogen) atoms. The fraction of sp³-hybridized carbons (Fsp3) is 0.364. The van der Waals surface area contributed by atoms with Crippen LogP contribution < -0.4 is 5.73 Å². The van der Waals surface area contributed by atoms with E-state index in [1.54, 1.807) is 16.4 Å². The molecule has 0 spiro atoms. The third kappa shape index (κ3) is 2.83. The first-order chi connectivity index (χ1) is 8.20. The van der Waals surface area contributed by atoms with Gasteiger partial charge in [0.25, 0.3) is 0 Å². The van der Waals surface area contributed by atoms with Gasteiger partial charge >= 0.3 is 0 Å². The summed E-state index contributed by atoms with van der Waals surface area (Å²) in [6.45, 7) is 2.63. The van der Waals surface area contributed by atoms with E-state index in [0.29, 0.717) is 6.54 Å². The van der Waals surface area contributed by atoms with Crippen LogP contribution in [0.5, 0.6) is 0 Å². The second-order valence-corrected chi connectivity index (χ2v) is 5.01. The van der Waals surface area contributed by atoms with E-state index in [1.807, 2.05) is 13.1 Å². The molecule has 0 aliphatic rings. The summed E-state index contributed by atoms with van der Waals surface area (Å²) in [5, 5.41) is 12.4. The molecule has 0 aliphatic carbocycles. The minimum Gasteiger partial charge on any atom is -0.329 e. The third-order valence-corrected chi connectivity index (χ3v) is 3.76. The van der Waals surface area contributed by atoms with Gasteiger partial charge in [-0.05, 0) is 22.9 Å². The van der Waals surface area contributed by atoms with Crippen LogP contribution in [0.4, 0.5) is 0 Å². The summed E-state index contributed by atoms with van der Waals surface area (Å²) in [4.78, 5) is 0. The monoisotopic (exact) mass is 249 g/mol. The van der Waals surface area contributed by atoms with E-state index in [4.69, 9.17) is 5.73 Å². The zero-order chi connectivity index (χ0) is 12.3. The van der Waals surface area contributed by atoms with Crippen molar-refractivity contribution < 1.29 is 0 Å². The third-order valence-electron chi connectivity index (χ3n) is 2.46. The van der Waals surface area contributed by atoms with Crippen LogP contribution in [0.15, 0.2) is 29.4 Å². The summed E-state index contributed by atoms with van der Waals surface area (Å²) in [5.41, 5.74) is 8.27. The maximum atomic E-state index is 5.82. The molecule has 1 aromatic heterocycles. The second-order valence-electron chi connectivity index (χ2n) is 3.84. The SMILES string of the molecule is Cc1cccc(C(CN)Sc2nnnn2C)c1. The summed E-state index contributed by atoms with van der Waals surface area (Å²) in [5.74, 6) is 0. The van der Waals surface area contributed by atoms with Gasteiger partial charge in [0.15, 0.2) is 0 Å². The number of hydrogen-bond donors (Lipinski definition) is 1. The second kappa shape index (κ2) is 5.29. The zero-order valence-electron chi connectivity index (χ0n) is 9.87. The van der Waals surface area contributed by atoms with Crippen LogP contribution in [-0.2, 0) is 7.05 Å². The molecule has 1 unspecified atom stereocenters. The molecule has 0 bridgehead atoms. The molecule has 5 nitrogen and oxygen atoms in total. The summed E-state index contributed by atoms with van der Waals surface area (Å²) in [6.07, 6.45) is 0. The first kappa shape index (κ1) is 12.1. The number of rotatable bonds is 4. The molecule has 0 saturated heterocycles.